The van der Waals surface area contributed by atoms with E-state index in [2.05, 4.69) is 20.8 Å². The summed E-state index contributed by atoms with van der Waals surface area (Å²) in [7, 11) is 0. The fraction of sp³-hybridized carbons (Fsp3) is 0.571. The second kappa shape index (κ2) is 5.83. The van der Waals surface area contributed by atoms with Crippen LogP contribution >= 0.6 is 11.6 Å². The van der Waals surface area contributed by atoms with Gasteiger partial charge in [0.1, 0.15) is 5.82 Å². The highest BCUT2D eigenvalue weighted by Crippen LogP contribution is 2.28. The van der Waals surface area contributed by atoms with Gasteiger partial charge in [0.25, 0.3) is 0 Å². The normalized spacial score (nSPS) is 13.8. The predicted molar refractivity (Wildman–Crippen MR) is 69.7 cm³/mol. The summed E-state index contributed by atoms with van der Waals surface area (Å²) >= 11 is 5.79. The van der Waals surface area contributed by atoms with Crippen molar-refractivity contribution in [1.82, 2.24) is 0 Å². The zero-order chi connectivity index (χ0) is 13.1. The van der Waals surface area contributed by atoms with Crippen molar-refractivity contribution < 1.29 is 9.50 Å². The molecule has 0 aliphatic heterocycles. The number of benzene rings is 1. The van der Waals surface area contributed by atoms with E-state index in [1.165, 1.54) is 18.2 Å². The second-order valence-electron chi connectivity index (χ2n) is 5.63. The van der Waals surface area contributed by atoms with Crippen LogP contribution in [0.4, 0.5) is 4.39 Å². The lowest BCUT2D eigenvalue weighted by Gasteiger charge is -2.19. The molecule has 17 heavy (non-hydrogen) atoms. The summed E-state index contributed by atoms with van der Waals surface area (Å²) in [5.41, 5.74) is 0.540. The molecule has 3 heteroatoms. The minimum absolute atomic E-state index is 0.243. The van der Waals surface area contributed by atoms with Crippen LogP contribution in [0.15, 0.2) is 18.2 Å². The Hall–Kier alpha value is -0.600. The Morgan fingerprint density at radius 2 is 2.00 bits per heavy atom. The molecular formula is C14H20ClFO. The first-order chi connectivity index (χ1) is 7.79. The van der Waals surface area contributed by atoms with Gasteiger partial charge >= 0.3 is 0 Å². The third kappa shape index (κ3) is 5.05. The van der Waals surface area contributed by atoms with Crippen molar-refractivity contribution in [2.45, 2.75) is 46.1 Å². The molecule has 1 N–H and O–H groups in total. The Balaban J connectivity index is 2.58. The van der Waals surface area contributed by atoms with Crippen LogP contribution in [0.2, 0.25) is 5.02 Å². The van der Waals surface area contributed by atoms with Gasteiger partial charge in [-0.3, -0.25) is 0 Å². The number of hydrogen-bond acceptors (Lipinski definition) is 1. The lowest BCUT2D eigenvalue weighted by Crippen LogP contribution is -2.07. The van der Waals surface area contributed by atoms with Gasteiger partial charge in [0.15, 0.2) is 0 Å². The summed E-state index contributed by atoms with van der Waals surface area (Å²) in [4.78, 5) is 0. The Morgan fingerprint density at radius 1 is 1.35 bits per heavy atom. The number of rotatable bonds is 4. The molecule has 0 heterocycles. The molecule has 0 amide bonds. The Morgan fingerprint density at radius 3 is 2.59 bits per heavy atom. The third-order valence-electron chi connectivity index (χ3n) is 2.72. The zero-order valence-electron chi connectivity index (χ0n) is 10.6. The summed E-state index contributed by atoms with van der Waals surface area (Å²) < 4.78 is 13.5. The van der Waals surface area contributed by atoms with Crippen LogP contribution in [0, 0.1) is 11.2 Å². The molecule has 0 bridgehead atoms. The molecule has 1 atom stereocenters. The first kappa shape index (κ1) is 14.5. The monoisotopic (exact) mass is 258 g/mol. The maximum Gasteiger partial charge on any atom is 0.129 e. The van der Waals surface area contributed by atoms with E-state index in [1.807, 2.05) is 0 Å². The molecule has 1 aromatic rings. The van der Waals surface area contributed by atoms with Crippen molar-refractivity contribution in [3.05, 3.63) is 34.6 Å². The molecule has 1 nitrogen and oxygen atoms in total. The molecule has 0 fully saturated rings. The lowest BCUT2D eigenvalue weighted by molar-refractivity contribution is 0.154. The van der Waals surface area contributed by atoms with Crippen molar-refractivity contribution in [1.29, 1.82) is 0 Å². The van der Waals surface area contributed by atoms with Gasteiger partial charge in [-0.15, -0.1) is 0 Å². The van der Waals surface area contributed by atoms with E-state index in [1.54, 1.807) is 0 Å². The van der Waals surface area contributed by atoms with E-state index in [4.69, 9.17) is 11.6 Å². The molecule has 96 valence electrons. The highest BCUT2D eigenvalue weighted by Gasteiger charge is 2.15. The molecule has 0 spiro atoms. The quantitative estimate of drug-likeness (QED) is 0.828. The molecular weight excluding hydrogens is 239 g/mol. The Bertz CT molecular complexity index is 371. The number of aliphatic hydroxyl groups excluding tert-OH is 1. The van der Waals surface area contributed by atoms with Crippen LogP contribution in [0.25, 0.3) is 0 Å². The molecule has 1 aromatic carbocycles. The first-order valence-electron chi connectivity index (χ1n) is 5.92. The Labute approximate surface area is 108 Å². The van der Waals surface area contributed by atoms with Crippen molar-refractivity contribution in [3.63, 3.8) is 0 Å². The molecule has 0 aromatic heterocycles. The van der Waals surface area contributed by atoms with Gasteiger partial charge in [0, 0.05) is 10.6 Å². The SMILES string of the molecule is CC(C)(C)CCCC(O)c1cc(Cl)ccc1F. The fourth-order valence-corrected chi connectivity index (χ4v) is 1.93. The van der Waals surface area contributed by atoms with Gasteiger partial charge in [0.05, 0.1) is 6.10 Å². The Kier molecular flexibility index (Phi) is 4.96. The molecule has 1 unspecified atom stereocenters. The third-order valence-corrected chi connectivity index (χ3v) is 2.96. The highest BCUT2D eigenvalue weighted by molar-refractivity contribution is 6.30. The smallest absolute Gasteiger partial charge is 0.129 e. The fourth-order valence-electron chi connectivity index (χ4n) is 1.75. The maximum absolute atomic E-state index is 13.5. The van der Waals surface area contributed by atoms with E-state index < -0.39 is 11.9 Å². The van der Waals surface area contributed by atoms with Crippen LogP contribution in [0.3, 0.4) is 0 Å². The predicted octanol–water partition coefficient (Wildman–Crippen LogP) is 4.73. The minimum Gasteiger partial charge on any atom is -0.388 e. The molecule has 0 saturated heterocycles. The van der Waals surface area contributed by atoms with Gasteiger partial charge in [-0.2, -0.15) is 0 Å². The maximum atomic E-state index is 13.5. The first-order valence-corrected chi connectivity index (χ1v) is 6.30. The number of aliphatic hydroxyl groups is 1. The van der Waals surface area contributed by atoms with Crippen molar-refractivity contribution in [3.8, 4) is 0 Å². The van der Waals surface area contributed by atoms with Gasteiger partial charge < -0.3 is 5.11 Å². The topological polar surface area (TPSA) is 20.2 Å². The average molecular weight is 259 g/mol. The molecule has 0 aliphatic rings. The van der Waals surface area contributed by atoms with Crippen LogP contribution < -0.4 is 0 Å². The van der Waals surface area contributed by atoms with Crippen molar-refractivity contribution in [2.75, 3.05) is 0 Å². The minimum atomic E-state index is -0.768. The van der Waals surface area contributed by atoms with Crippen LogP contribution in [-0.4, -0.2) is 5.11 Å². The lowest BCUT2D eigenvalue weighted by atomic mass is 9.88. The van der Waals surface area contributed by atoms with Gasteiger partial charge in [-0.05, 0) is 36.5 Å². The molecule has 0 radical (unpaired) electrons. The summed E-state index contributed by atoms with van der Waals surface area (Å²) in [6.07, 6.45) is 1.67. The van der Waals surface area contributed by atoms with E-state index in [9.17, 15) is 9.50 Å². The number of halogens is 2. The van der Waals surface area contributed by atoms with Gasteiger partial charge in [-0.25, -0.2) is 4.39 Å². The van der Waals surface area contributed by atoms with Crippen LogP contribution in [0.1, 0.15) is 51.7 Å². The average Bonchev–Trinajstić information content (AvgIpc) is 2.19. The van der Waals surface area contributed by atoms with E-state index in [0.717, 1.165) is 12.8 Å². The largest absolute Gasteiger partial charge is 0.388 e. The van der Waals surface area contributed by atoms with Gasteiger partial charge in [-0.1, -0.05) is 38.8 Å². The van der Waals surface area contributed by atoms with Gasteiger partial charge in [0.2, 0.25) is 0 Å². The summed E-state index contributed by atoms with van der Waals surface area (Å²) in [5.74, 6) is -0.391. The molecule has 1 rings (SSSR count). The second-order valence-corrected chi connectivity index (χ2v) is 6.07. The summed E-state index contributed by atoms with van der Waals surface area (Å²) in [6, 6.07) is 4.28. The standard InChI is InChI=1S/C14H20ClFO/c1-14(2,3)8-4-5-13(17)11-9-10(15)6-7-12(11)16/h6-7,9,13,17H,4-5,8H2,1-3H3. The van der Waals surface area contributed by atoms with E-state index >= 15 is 0 Å². The highest BCUT2D eigenvalue weighted by atomic mass is 35.5. The van der Waals surface area contributed by atoms with Crippen LogP contribution in [0.5, 0.6) is 0 Å². The molecule has 0 aliphatic carbocycles. The molecule has 0 saturated carbocycles. The zero-order valence-corrected chi connectivity index (χ0v) is 11.4. The van der Waals surface area contributed by atoms with Crippen LogP contribution in [-0.2, 0) is 0 Å². The summed E-state index contributed by atoms with van der Waals surface area (Å²) in [5, 5.41) is 10.4. The van der Waals surface area contributed by atoms with E-state index in [-0.39, 0.29) is 5.41 Å². The van der Waals surface area contributed by atoms with Crippen molar-refractivity contribution in [2.24, 2.45) is 5.41 Å². The van der Waals surface area contributed by atoms with E-state index in [0.29, 0.717) is 17.0 Å². The summed E-state index contributed by atoms with van der Waals surface area (Å²) in [6.45, 7) is 6.46. The van der Waals surface area contributed by atoms with Crippen molar-refractivity contribution >= 4 is 11.6 Å². The number of hydrogen-bond donors (Lipinski definition) is 1.